The smallest absolute Gasteiger partial charge is 0.246 e. The SMILES string of the molecule is CN(C)c1ncc(/C=C/C(=O)N(C)[C@@H]2CCN(Cc3ccccc3)C2)cn1. The molecule has 1 fully saturated rings. The summed E-state index contributed by atoms with van der Waals surface area (Å²) in [6.45, 7) is 2.86. The van der Waals surface area contributed by atoms with E-state index in [1.54, 1.807) is 24.5 Å². The number of benzene rings is 1. The van der Waals surface area contributed by atoms with Gasteiger partial charge in [-0.3, -0.25) is 9.69 Å². The molecule has 0 N–H and O–H groups in total. The molecule has 1 aliphatic rings. The lowest BCUT2D eigenvalue weighted by atomic mass is 10.2. The number of aromatic nitrogens is 2. The van der Waals surface area contributed by atoms with Gasteiger partial charge in [-0.05, 0) is 18.1 Å². The third-order valence-corrected chi connectivity index (χ3v) is 4.87. The zero-order valence-corrected chi connectivity index (χ0v) is 16.2. The molecule has 0 unspecified atom stereocenters. The summed E-state index contributed by atoms with van der Waals surface area (Å²) in [6, 6.07) is 10.7. The highest BCUT2D eigenvalue weighted by Crippen LogP contribution is 2.17. The fourth-order valence-corrected chi connectivity index (χ4v) is 3.23. The molecule has 1 aliphatic heterocycles. The molecule has 0 spiro atoms. The Labute approximate surface area is 161 Å². The van der Waals surface area contributed by atoms with Crippen molar-refractivity contribution < 1.29 is 4.79 Å². The first kappa shape index (κ1) is 19.0. The Bertz CT molecular complexity index is 773. The molecule has 3 rings (SSSR count). The fourth-order valence-electron chi connectivity index (χ4n) is 3.23. The highest BCUT2D eigenvalue weighted by atomic mass is 16.2. The van der Waals surface area contributed by atoms with Crippen LogP contribution in [0.5, 0.6) is 0 Å². The maximum Gasteiger partial charge on any atom is 0.246 e. The number of amides is 1. The van der Waals surface area contributed by atoms with Gasteiger partial charge in [-0.15, -0.1) is 0 Å². The molecular weight excluding hydrogens is 338 g/mol. The number of anilines is 1. The summed E-state index contributed by atoms with van der Waals surface area (Å²) >= 11 is 0. The average Bonchev–Trinajstić information content (AvgIpc) is 3.15. The normalized spacial score (nSPS) is 17.4. The number of nitrogens with zero attached hydrogens (tertiary/aromatic N) is 5. The molecule has 0 saturated carbocycles. The highest BCUT2D eigenvalue weighted by molar-refractivity contribution is 5.91. The van der Waals surface area contributed by atoms with E-state index in [-0.39, 0.29) is 11.9 Å². The van der Waals surface area contributed by atoms with E-state index in [2.05, 4.69) is 39.1 Å². The number of carbonyl (C=O) groups is 1. The molecule has 2 heterocycles. The average molecular weight is 365 g/mol. The van der Waals surface area contributed by atoms with Gasteiger partial charge < -0.3 is 9.80 Å². The predicted molar refractivity (Wildman–Crippen MR) is 108 cm³/mol. The standard InChI is InChI=1S/C21H27N5O/c1-24(2)21-22-13-18(14-23-21)9-10-20(27)25(3)19-11-12-26(16-19)15-17-7-5-4-6-8-17/h4-10,13-14,19H,11-12,15-16H2,1-3H3/b10-9+/t19-/m1/s1. The number of hydrogen-bond donors (Lipinski definition) is 0. The van der Waals surface area contributed by atoms with Gasteiger partial charge in [0.1, 0.15) is 0 Å². The van der Waals surface area contributed by atoms with Crippen LogP contribution in [0.1, 0.15) is 17.5 Å². The summed E-state index contributed by atoms with van der Waals surface area (Å²) in [4.78, 5) is 27.1. The quantitative estimate of drug-likeness (QED) is 0.735. The van der Waals surface area contributed by atoms with Gasteiger partial charge in [0.2, 0.25) is 11.9 Å². The minimum atomic E-state index is 0.0123. The van der Waals surface area contributed by atoms with E-state index in [9.17, 15) is 4.79 Å². The van der Waals surface area contributed by atoms with Crippen LogP contribution in [0, 0.1) is 0 Å². The largest absolute Gasteiger partial charge is 0.347 e. The summed E-state index contributed by atoms with van der Waals surface area (Å²) in [7, 11) is 5.67. The Morgan fingerprint density at radius 1 is 1.19 bits per heavy atom. The van der Waals surface area contributed by atoms with Gasteiger partial charge in [-0.2, -0.15) is 0 Å². The minimum absolute atomic E-state index is 0.0123. The molecule has 0 bridgehead atoms. The van der Waals surface area contributed by atoms with Crippen molar-refractivity contribution in [3.63, 3.8) is 0 Å². The molecule has 2 aromatic rings. The molecule has 142 valence electrons. The van der Waals surface area contributed by atoms with Gasteiger partial charge in [-0.1, -0.05) is 30.3 Å². The first-order chi connectivity index (χ1) is 13.0. The second-order valence-corrected chi connectivity index (χ2v) is 7.16. The van der Waals surface area contributed by atoms with Crippen LogP contribution >= 0.6 is 0 Å². The van der Waals surface area contributed by atoms with Crippen LogP contribution in [-0.4, -0.2) is 65.9 Å². The predicted octanol–water partition coefficient (Wildman–Crippen LogP) is 2.29. The molecule has 1 saturated heterocycles. The van der Waals surface area contributed by atoms with E-state index in [0.717, 1.165) is 31.6 Å². The highest BCUT2D eigenvalue weighted by Gasteiger charge is 2.27. The van der Waals surface area contributed by atoms with Crippen molar-refractivity contribution in [2.75, 3.05) is 39.1 Å². The Balaban J connectivity index is 1.52. The third-order valence-electron chi connectivity index (χ3n) is 4.87. The summed E-state index contributed by atoms with van der Waals surface area (Å²) in [5, 5.41) is 0. The monoisotopic (exact) mass is 365 g/mol. The molecule has 27 heavy (non-hydrogen) atoms. The number of hydrogen-bond acceptors (Lipinski definition) is 5. The van der Waals surface area contributed by atoms with Gasteiger partial charge in [0.05, 0.1) is 0 Å². The van der Waals surface area contributed by atoms with Crippen LogP contribution in [0.25, 0.3) is 6.08 Å². The topological polar surface area (TPSA) is 52.6 Å². The van der Waals surface area contributed by atoms with Crippen LogP contribution in [0.2, 0.25) is 0 Å². The zero-order valence-electron chi connectivity index (χ0n) is 16.2. The number of likely N-dealkylation sites (N-methyl/N-ethyl adjacent to an activating group) is 1. The van der Waals surface area contributed by atoms with Crippen molar-refractivity contribution in [2.45, 2.75) is 19.0 Å². The Hall–Kier alpha value is -2.73. The lowest BCUT2D eigenvalue weighted by molar-refractivity contribution is -0.126. The van der Waals surface area contributed by atoms with Gasteiger partial charge in [0.25, 0.3) is 0 Å². The lowest BCUT2D eigenvalue weighted by Crippen LogP contribution is -2.38. The Morgan fingerprint density at radius 3 is 2.56 bits per heavy atom. The number of rotatable bonds is 6. The van der Waals surface area contributed by atoms with Crippen molar-refractivity contribution in [3.05, 3.63) is 59.9 Å². The molecular formula is C21H27N5O. The third kappa shape index (κ3) is 5.14. The van der Waals surface area contributed by atoms with Crippen molar-refractivity contribution in [3.8, 4) is 0 Å². The number of likely N-dealkylation sites (tertiary alicyclic amines) is 1. The molecule has 1 atom stereocenters. The minimum Gasteiger partial charge on any atom is -0.347 e. The summed E-state index contributed by atoms with van der Waals surface area (Å²) in [5.41, 5.74) is 2.13. The zero-order chi connectivity index (χ0) is 19.2. The van der Waals surface area contributed by atoms with Crippen LogP contribution < -0.4 is 4.90 Å². The number of carbonyl (C=O) groups excluding carboxylic acids is 1. The maximum atomic E-state index is 12.5. The Morgan fingerprint density at radius 2 is 1.89 bits per heavy atom. The van der Waals surface area contributed by atoms with E-state index in [4.69, 9.17) is 0 Å². The lowest BCUT2D eigenvalue weighted by Gasteiger charge is -2.24. The van der Waals surface area contributed by atoms with Crippen LogP contribution in [-0.2, 0) is 11.3 Å². The fraction of sp³-hybridized carbons (Fsp3) is 0.381. The molecule has 1 aromatic heterocycles. The molecule has 6 heteroatoms. The molecule has 0 aliphatic carbocycles. The second kappa shape index (κ2) is 8.77. The van der Waals surface area contributed by atoms with Crippen molar-refractivity contribution in [2.24, 2.45) is 0 Å². The summed E-state index contributed by atoms with van der Waals surface area (Å²) in [6.07, 6.45) is 7.83. The summed E-state index contributed by atoms with van der Waals surface area (Å²) < 4.78 is 0. The van der Waals surface area contributed by atoms with Crippen molar-refractivity contribution >= 4 is 17.9 Å². The van der Waals surface area contributed by atoms with E-state index >= 15 is 0 Å². The molecule has 6 nitrogen and oxygen atoms in total. The van der Waals surface area contributed by atoms with Gasteiger partial charge in [-0.25, -0.2) is 9.97 Å². The first-order valence-corrected chi connectivity index (χ1v) is 9.23. The van der Waals surface area contributed by atoms with Crippen molar-refractivity contribution in [1.82, 2.24) is 19.8 Å². The first-order valence-electron chi connectivity index (χ1n) is 9.23. The van der Waals surface area contributed by atoms with E-state index in [0.29, 0.717) is 5.95 Å². The Kier molecular flexibility index (Phi) is 6.19. The van der Waals surface area contributed by atoms with E-state index in [1.165, 1.54) is 5.56 Å². The van der Waals surface area contributed by atoms with Crippen LogP contribution in [0.15, 0.2) is 48.8 Å². The van der Waals surface area contributed by atoms with Gasteiger partial charge in [0.15, 0.2) is 0 Å². The van der Waals surface area contributed by atoms with Gasteiger partial charge >= 0.3 is 0 Å². The molecule has 1 aromatic carbocycles. The van der Waals surface area contributed by atoms with Crippen LogP contribution in [0.4, 0.5) is 5.95 Å². The molecule has 0 radical (unpaired) electrons. The van der Waals surface area contributed by atoms with Crippen LogP contribution in [0.3, 0.4) is 0 Å². The second-order valence-electron chi connectivity index (χ2n) is 7.16. The maximum absolute atomic E-state index is 12.5. The van der Waals surface area contributed by atoms with Crippen molar-refractivity contribution in [1.29, 1.82) is 0 Å². The van der Waals surface area contributed by atoms with Gasteiger partial charge in [0, 0.05) is 70.9 Å². The molecule has 1 amide bonds. The van der Waals surface area contributed by atoms with E-state index < -0.39 is 0 Å². The van der Waals surface area contributed by atoms with E-state index in [1.807, 2.05) is 37.0 Å². The summed E-state index contributed by atoms with van der Waals surface area (Å²) in [5.74, 6) is 0.665.